The molecule has 1 saturated carbocycles. The van der Waals surface area contributed by atoms with Crippen LogP contribution in [-0.2, 0) is 4.79 Å². The van der Waals surface area contributed by atoms with Crippen LogP contribution in [0.15, 0.2) is 15.2 Å². The van der Waals surface area contributed by atoms with E-state index in [0.29, 0.717) is 12.2 Å². The molecular formula is C14H16BrNO2S. The molecule has 19 heavy (non-hydrogen) atoms. The lowest BCUT2D eigenvalue weighted by atomic mass is 9.95. The van der Waals surface area contributed by atoms with E-state index >= 15 is 0 Å². The highest BCUT2D eigenvalue weighted by Gasteiger charge is 2.40. The first-order chi connectivity index (χ1) is 9.16. The van der Waals surface area contributed by atoms with Gasteiger partial charge in [0.15, 0.2) is 0 Å². The van der Waals surface area contributed by atoms with E-state index in [1.54, 1.807) is 0 Å². The summed E-state index contributed by atoms with van der Waals surface area (Å²) in [6.45, 7) is 0.792. The number of ketones is 1. The van der Waals surface area contributed by atoms with Crippen molar-refractivity contribution in [2.24, 2.45) is 5.92 Å². The van der Waals surface area contributed by atoms with E-state index in [9.17, 15) is 9.59 Å². The molecule has 5 heteroatoms. The fraction of sp³-hybridized carbons (Fsp3) is 0.571. The summed E-state index contributed by atoms with van der Waals surface area (Å²) >= 11 is 4.92. The second-order valence-corrected chi connectivity index (χ2v) is 7.60. The number of Topliss-reactive ketones (excluding diaryl/α,β-unsaturated/α-hetero) is 1. The van der Waals surface area contributed by atoms with Gasteiger partial charge in [0.1, 0.15) is 5.78 Å². The summed E-state index contributed by atoms with van der Waals surface area (Å²) in [4.78, 5) is 26.4. The summed E-state index contributed by atoms with van der Waals surface area (Å²) < 4.78 is 0.975. The Labute approximate surface area is 125 Å². The summed E-state index contributed by atoms with van der Waals surface area (Å²) in [6.07, 6.45) is 4.65. The van der Waals surface area contributed by atoms with Crippen molar-refractivity contribution in [1.29, 1.82) is 0 Å². The molecule has 3 rings (SSSR count). The first kappa shape index (κ1) is 13.3. The molecule has 0 aromatic carbocycles. The molecule has 3 nitrogen and oxygen atoms in total. The number of amides is 1. The Kier molecular flexibility index (Phi) is 3.76. The monoisotopic (exact) mass is 341 g/mol. The second kappa shape index (κ2) is 5.37. The lowest BCUT2D eigenvalue weighted by Crippen LogP contribution is -2.41. The van der Waals surface area contributed by atoms with Gasteiger partial charge in [-0.2, -0.15) is 0 Å². The van der Waals surface area contributed by atoms with Gasteiger partial charge >= 0.3 is 0 Å². The minimum absolute atomic E-state index is 0.0872. The van der Waals surface area contributed by atoms with Crippen molar-refractivity contribution >= 4 is 39.0 Å². The van der Waals surface area contributed by atoms with E-state index in [4.69, 9.17) is 0 Å². The maximum absolute atomic E-state index is 12.5. The molecule has 102 valence electrons. The second-order valence-electron chi connectivity index (χ2n) is 5.31. The third-order valence-electron chi connectivity index (χ3n) is 4.19. The van der Waals surface area contributed by atoms with Crippen LogP contribution in [0.25, 0.3) is 0 Å². The first-order valence-electron chi connectivity index (χ1n) is 6.74. The molecule has 2 fully saturated rings. The fourth-order valence-electron chi connectivity index (χ4n) is 3.30. The Balaban J connectivity index is 1.79. The maximum atomic E-state index is 12.5. The lowest BCUT2D eigenvalue weighted by Gasteiger charge is -2.28. The van der Waals surface area contributed by atoms with Gasteiger partial charge in [0.25, 0.3) is 5.91 Å². The van der Waals surface area contributed by atoms with Gasteiger partial charge in [-0.1, -0.05) is 0 Å². The standard InChI is InChI=1S/C14H16BrNO2S/c15-13-7-9(8-19-13)14(18)16-6-2-4-11(16)10-3-1-5-12(10)17/h7-8,10-11H,1-6H2. The van der Waals surface area contributed by atoms with E-state index in [1.165, 1.54) is 11.3 Å². The van der Waals surface area contributed by atoms with Gasteiger partial charge < -0.3 is 4.90 Å². The number of thiophene rings is 1. The van der Waals surface area contributed by atoms with Crippen molar-refractivity contribution in [1.82, 2.24) is 4.90 Å². The Bertz CT molecular complexity index is 513. The molecule has 0 bridgehead atoms. The molecule has 2 aliphatic rings. The highest BCUT2D eigenvalue weighted by atomic mass is 79.9. The summed E-state index contributed by atoms with van der Waals surface area (Å²) in [5.74, 6) is 0.536. The van der Waals surface area contributed by atoms with E-state index in [1.807, 2.05) is 16.3 Å². The highest BCUT2D eigenvalue weighted by molar-refractivity contribution is 9.11. The Morgan fingerprint density at radius 3 is 2.84 bits per heavy atom. The van der Waals surface area contributed by atoms with Crippen molar-refractivity contribution in [3.63, 3.8) is 0 Å². The van der Waals surface area contributed by atoms with Crippen LogP contribution >= 0.6 is 27.3 Å². The maximum Gasteiger partial charge on any atom is 0.255 e. The smallest absolute Gasteiger partial charge is 0.255 e. The molecule has 2 heterocycles. The van der Waals surface area contributed by atoms with Crippen LogP contribution in [0.5, 0.6) is 0 Å². The summed E-state index contributed by atoms with van der Waals surface area (Å²) in [5, 5.41) is 1.89. The number of halogens is 1. The predicted molar refractivity (Wildman–Crippen MR) is 78.4 cm³/mol. The van der Waals surface area contributed by atoms with Crippen molar-refractivity contribution < 1.29 is 9.59 Å². The SMILES string of the molecule is O=C1CCCC1C1CCCN1C(=O)c1csc(Br)c1. The molecule has 1 amide bonds. The minimum atomic E-state index is 0.0872. The normalized spacial score (nSPS) is 27.2. The highest BCUT2D eigenvalue weighted by Crippen LogP contribution is 2.34. The number of rotatable bonds is 2. The zero-order valence-corrected chi connectivity index (χ0v) is 13.0. The average Bonchev–Trinajstić information content (AvgIpc) is 3.07. The summed E-state index contributed by atoms with van der Waals surface area (Å²) in [6, 6.07) is 2.01. The lowest BCUT2D eigenvalue weighted by molar-refractivity contribution is -0.121. The molecular weight excluding hydrogens is 326 g/mol. The molecule has 2 unspecified atom stereocenters. The van der Waals surface area contributed by atoms with Crippen LogP contribution < -0.4 is 0 Å². The summed E-state index contributed by atoms with van der Waals surface area (Å²) in [5.41, 5.74) is 0.745. The van der Waals surface area contributed by atoms with Gasteiger partial charge in [-0.15, -0.1) is 11.3 Å². The zero-order chi connectivity index (χ0) is 13.4. The van der Waals surface area contributed by atoms with Crippen molar-refractivity contribution in [3.05, 3.63) is 20.8 Å². The third kappa shape index (κ3) is 2.50. The number of hydrogen-bond donors (Lipinski definition) is 0. The quantitative estimate of drug-likeness (QED) is 0.825. The number of nitrogens with zero attached hydrogens (tertiary/aromatic N) is 1. The minimum Gasteiger partial charge on any atom is -0.335 e. The average molecular weight is 342 g/mol. The van der Waals surface area contributed by atoms with Crippen LogP contribution in [0.2, 0.25) is 0 Å². The number of likely N-dealkylation sites (tertiary alicyclic amines) is 1. The van der Waals surface area contributed by atoms with Gasteiger partial charge in [-0.3, -0.25) is 9.59 Å². The van der Waals surface area contributed by atoms with Crippen LogP contribution in [0.3, 0.4) is 0 Å². The van der Waals surface area contributed by atoms with Gasteiger partial charge in [0, 0.05) is 30.3 Å². The molecule has 1 aromatic heterocycles. The van der Waals surface area contributed by atoms with Crippen LogP contribution in [-0.4, -0.2) is 29.2 Å². The Hall–Kier alpha value is -0.680. The zero-order valence-electron chi connectivity index (χ0n) is 10.6. The first-order valence-corrected chi connectivity index (χ1v) is 8.42. The predicted octanol–water partition coefficient (Wildman–Crippen LogP) is 3.48. The van der Waals surface area contributed by atoms with Crippen LogP contribution in [0.1, 0.15) is 42.5 Å². The number of carbonyl (C=O) groups is 2. The van der Waals surface area contributed by atoms with Crippen molar-refractivity contribution in [3.8, 4) is 0 Å². The van der Waals surface area contributed by atoms with E-state index in [-0.39, 0.29) is 17.9 Å². The molecule has 0 N–H and O–H groups in total. The van der Waals surface area contributed by atoms with E-state index in [0.717, 1.165) is 41.6 Å². The van der Waals surface area contributed by atoms with Crippen LogP contribution in [0, 0.1) is 5.92 Å². The van der Waals surface area contributed by atoms with Gasteiger partial charge in [-0.05, 0) is 47.7 Å². The Morgan fingerprint density at radius 1 is 1.37 bits per heavy atom. The summed E-state index contributed by atoms with van der Waals surface area (Å²) in [7, 11) is 0. The van der Waals surface area contributed by atoms with E-state index in [2.05, 4.69) is 15.9 Å². The van der Waals surface area contributed by atoms with Crippen molar-refractivity contribution in [2.75, 3.05) is 6.54 Å². The fourth-order valence-corrected chi connectivity index (χ4v) is 4.43. The largest absolute Gasteiger partial charge is 0.335 e. The van der Waals surface area contributed by atoms with Crippen molar-refractivity contribution in [2.45, 2.75) is 38.1 Å². The number of carbonyl (C=O) groups excluding carboxylic acids is 2. The molecule has 1 aromatic rings. The Morgan fingerprint density at radius 2 is 2.21 bits per heavy atom. The number of hydrogen-bond acceptors (Lipinski definition) is 3. The van der Waals surface area contributed by atoms with Gasteiger partial charge in [-0.25, -0.2) is 0 Å². The molecule has 0 radical (unpaired) electrons. The third-order valence-corrected chi connectivity index (χ3v) is 5.70. The topological polar surface area (TPSA) is 37.4 Å². The molecule has 2 atom stereocenters. The van der Waals surface area contributed by atoms with E-state index < -0.39 is 0 Å². The van der Waals surface area contributed by atoms with Gasteiger partial charge in [0.05, 0.1) is 9.35 Å². The molecule has 1 aliphatic carbocycles. The van der Waals surface area contributed by atoms with Crippen LogP contribution in [0.4, 0.5) is 0 Å². The molecule has 0 spiro atoms. The molecule has 1 aliphatic heterocycles. The van der Waals surface area contributed by atoms with Gasteiger partial charge in [0.2, 0.25) is 0 Å². The molecule has 1 saturated heterocycles.